The first-order valence-electron chi connectivity index (χ1n) is 11.1. The molecule has 34 heavy (non-hydrogen) atoms. The molecule has 0 aliphatic heterocycles. The average Bonchev–Trinajstić information content (AvgIpc) is 3.33. The summed E-state index contributed by atoms with van der Waals surface area (Å²) in [5, 5.41) is 29.8. The highest BCUT2D eigenvalue weighted by molar-refractivity contribution is 5.90. The smallest absolute Gasteiger partial charge is 0.222 e. The van der Waals surface area contributed by atoms with E-state index in [9.17, 15) is 15.0 Å². The number of rotatable bonds is 5. The van der Waals surface area contributed by atoms with Gasteiger partial charge in [-0.25, -0.2) is 14.5 Å². The van der Waals surface area contributed by atoms with Crippen LogP contribution in [0.1, 0.15) is 31.5 Å². The first kappa shape index (κ1) is 22.0. The summed E-state index contributed by atoms with van der Waals surface area (Å²) in [4.78, 5) is 19.9. The number of aliphatic hydroxyl groups excluding tert-OH is 2. The second-order valence-corrected chi connectivity index (χ2v) is 9.06. The fraction of sp³-hybridized carbons (Fsp3) is 0.280. The lowest BCUT2D eigenvalue weighted by Gasteiger charge is -2.28. The van der Waals surface area contributed by atoms with Crippen molar-refractivity contribution in [3.05, 3.63) is 66.1 Å². The Kier molecular flexibility index (Phi) is 5.30. The number of anilines is 2. The number of fused-ring (bicyclic) bond motifs is 2. The van der Waals surface area contributed by atoms with E-state index in [0.717, 1.165) is 16.5 Å². The average molecular weight is 459 g/mol. The van der Waals surface area contributed by atoms with Crippen molar-refractivity contribution in [2.75, 3.05) is 11.1 Å². The minimum absolute atomic E-state index is 0.169. The minimum atomic E-state index is -1.04. The lowest BCUT2D eigenvalue weighted by Crippen LogP contribution is -2.35. The monoisotopic (exact) mass is 458 g/mol. The fourth-order valence-corrected chi connectivity index (χ4v) is 4.66. The molecule has 174 valence electrons. The number of nitrogens with one attached hydrogen (secondary N) is 1. The second-order valence-electron chi connectivity index (χ2n) is 9.06. The van der Waals surface area contributed by atoms with Crippen molar-refractivity contribution < 1.29 is 15.0 Å². The van der Waals surface area contributed by atoms with Gasteiger partial charge >= 0.3 is 0 Å². The van der Waals surface area contributed by atoms with Gasteiger partial charge in [-0.1, -0.05) is 25.1 Å². The van der Waals surface area contributed by atoms with Crippen LogP contribution < -0.4 is 11.1 Å². The number of pyridine rings is 1. The van der Waals surface area contributed by atoms with Gasteiger partial charge in [-0.05, 0) is 48.7 Å². The molecule has 0 saturated carbocycles. The Morgan fingerprint density at radius 2 is 2.00 bits per heavy atom. The Morgan fingerprint density at radius 1 is 1.21 bits per heavy atom. The van der Waals surface area contributed by atoms with Crippen LogP contribution in [0.2, 0.25) is 0 Å². The highest BCUT2D eigenvalue weighted by atomic mass is 16.3. The lowest BCUT2D eigenvalue weighted by molar-refractivity contribution is -0.114. The number of aromatic nitrogens is 4. The number of amides is 1. The summed E-state index contributed by atoms with van der Waals surface area (Å²) in [5.74, 6) is 0.691. The molecule has 9 heteroatoms. The normalized spacial score (nSPS) is 22.3. The molecule has 0 saturated heterocycles. The molecule has 9 nitrogen and oxygen atoms in total. The molecular weight excluding hydrogens is 432 g/mol. The molecule has 1 amide bonds. The molecule has 0 radical (unpaired) electrons. The summed E-state index contributed by atoms with van der Waals surface area (Å²) in [6, 6.07) is 13.4. The van der Waals surface area contributed by atoms with Crippen LogP contribution in [-0.2, 0) is 11.2 Å². The van der Waals surface area contributed by atoms with E-state index < -0.39 is 17.6 Å². The lowest BCUT2D eigenvalue weighted by atomic mass is 9.81. The topological polar surface area (TPSA) is 139 Å². The summed E-state index contributed by atoms with van der Waals surface area (Å²) in [6.07, 6.45) is 2.60. The first-order chi connectivity index (χ1) is 16.2. The molecular formula is C25H26N6O3. The third-order valence-electron chi connectivity index (χ3n) is 6.57. The molecule has 4 aromatic rings. The van der Waals surface area contributed by atoms with Gasteiger partial charge in [-0.2, -0.15) is 5.10 Å². The van der Waals surface area contributed by atoms with Crippen LogP contribution in [0.5, 0.6) is 0 Å². The van der Waals surface area contributed by atoms with Crippen molar-refractivity contribution >= 4 is 39.5 Å². The van der Waals surface area contributed by atoms with Crippen LogP contribution in [0, 0.1) is 5.41 Å². The van der Waals surface area contributed by atoms with E-state index in [-0.39, 0.29) is 5.91 Å². The van der Waals surface area contributed by atoms with Crippen molar-refractivity contribution in [2.45, 2.75) is 38.9 Å². The van der Waals surface area contributed by atoms with Gasteiger partial charge in [0.2, 0.25) is 5.91 Å². The molecule has 0 spiro atoms. The van der Waals surface area contributed by atoms with Crippen LogP contribution >= 0.6 is 0 Å². The van der Waals surface area contributed by atoms with Gasteiger partial charge in [-0.15, -0.1) is 0 Å². The minimum Gasteiger partial charge on any atom is -0.389 e. The predicted molar refractivity (Wildman–Crippen MR) is 130 cm³/mol. The second kappa shape index (κ2) is 8.19. The van der Waals surface area contributed by atoms with Crippen LogP contribution in [0.4, 0.5) is 11.6 Å². The highest BCUT2D eigenvalue weighted by Gasteiger charge is 2.44. The van der Waals surface area contributed by atoms with Gasteiger partial charge in [0.15, 0.2) is 5.82 Å². The summed E-state index contributed by atoms with van der Waals surface area (Å²) in [7, 11) is 0. The zero-order valence-electron chi connectivity index (χ0n) is 18.9. The molecule has 0 unspecified atom stereocenters. The van der Waals surface area contributed by atoms with E-state index >= 15 is 0 Å². The summed E-state index contributed by atoms with van der Waals surface area (Å²) in [6.45, 7) is 3.39. The number of carbonyl (C=O) groups is 1. The van der Waals surface area contributed by atoms with Crippen molar-refractivity contribution in [3.8, 4) is 0 Å². The molecule has 5 rings (SSSR count). The molecule has 0 bridgehead atoms. The maximum atomic E-state index is 11.3. The number of carbonyl (C=O) groups excluding carboxylic acids is 1. The Labute approximate surface area is 196 Å². The van der Waals surface area contributed by atoms with Gasteiger partial charge < -0.3 is 21.3 Å². The predicted octanol–water partition coefficient (Wildman–Crippen LogP) is 2.58. The van der Waals surface area contributed by atoms with E-state index in [4.69, 9.17) is 5.73 Å². The Balaban J connectivity index is 1.41. The molecule has 3 atom stereocenters. The molecule has 5 N–H and O–H groups in total. The number of aryl methyl sites for hydroxylation is 1. The van der Waals surface area contributed by atoms with Crippen molar-refractivity contribution in [1.29, 1.82) is 0 Å². The maximum absolute atomic E-state index is 11.3. The summed E-state index contributed by atoms with van der Waals surface area (Å²) >= 11 is 0. The molecule has 1 aromatic carbocycles. The number of hydrogen-bond donors (Lipinski definition) is 4. The van der Waals surface area contributed by atoms with E-state index in [2.05, 4.69) is 20.4 Å². The number of nitrogen functional groups attached to an aromatic ring is 1. The molecule has 1 aliphatic rings. The van der Waals surface area contributed by atoms with Crippen LogP contribution in [0.3, 0.4) is 0 Å². The summed E-state index contributed by atoms with van der Waals surface area (Å²) in [5.41, 5.74) is 9.09. The number of nitrogens with zero attached hydrogens (tertiary/aromatic N) is 4. The molecule has 1 aliphatic carbocycles. The number of nitrogens with two attached hydrogens (primary N) is 1. The third kappa shape index (κ3) is 3.78. The Bertz CT molecular complexity index is 1450. The van der Waals surface area contributed by atoms with Gasteiger partial charge in [0.05, 0.1) is 17.3 Å². The Morgan fingerprint density at radius 3 is 2.79 bits per heavy atom. The molecule has 3 aromatic heterocycles. The maximum Gasteiger partial charge on any atom is 0.222 e. The van der Waals surface area contributed by atoms with Gasteiger partial charge in [0.25, 0.3) is 0 Å². The van der Waals surface area contributed by atoms with E-state index in [1.54, 1.807) is 16.6 Å². The third-order valence-corrected chi connectivity index (χ3v) is 6.57. The van der Waals surface area contributed by atoms with E-state index in [0.29, 0.717) is 41.3 Å². The van der Waals surface area contributed by atoms with Crippen molar-refractivity contribution in [1.82, 2.24) is 19.6 Å². The standard InChI is InChI=1S/C25H26N6O3/c1-14(32)29-21-8-5-16-4-3-15(11-18(16)30-21)9-10-25(2)12-17(22(33)23(25)34)19-6-7-20-24(26)27-13-28-31(19)20/h3-8,11-13,22-23,33-34H,9-10H2,1-2H3,(H2,26,27,28)(H,29,30,32)/t22-,23-,25-/m0/s1. The quantitative estimate of drug-likeness (QED) is 0.360. The summed E-state index contributed by atoms with van der Waals surface area (Å²) < 4.78 is 1.64. The number of aliphatic hydroxyl groups is 2. The van der Waals surface area contributed by atoms with Crippen LogP contribution in [0.25, 0.3) is 22.0 Å². The molecule has 3 heterocycles. The molecule has 0 fully saturated rings. The van der Waals surface area contributed by atoms with Crippen molar-refractivity contribution in [2.24, 2.45) is 5.41 Å². The zero-order valence-corrected chi connectivity index (χ0v) is 18.9. The fourth-order valence-electron chi connectivity index (χ4n) is 4.66. The van der Waals surface area contributed by atoms with E-state index in [1.165, 1.54) is 13.3 Å². The van der Waals surface area contributed by atoms with Crippen LogP contribution in [-0.4, -0.2) is 47.9 Å². The zero-order chi connectivity index (χ0) is 24.0. The highest BCUT2D eigenvalue weighted by Crippen LogP contribution is 2.44. The van der Waals surface area contributed by atoms with Gasteiger partial charge in [-0.3, -0.25) is 4.79 Å². The van der Waals surface area contributed by atoms with Gasteiger partial charge in [0.1, 0.15) is 23.8 Å². The largest absolute Gasteiger partial charge is 0.389 e. The first-order valence-corrected chi connectivity index (χ1v) is 11.1. The number of benzene rings is 1. The van der Waals surface area contributed by atoms with Gasteiger partial charge in [0, 0.05) is 23.3 Å². The number of hydrogen-bond acceptors (Lipinski definition) is 7. The Hall–Kier alpha value is -3.82. The van der Waals surface area contributed by atoms with Crippen LogP contribution in [0.15, 0.2) is 54.9 Å². The SMILES string of the molecule is CC(=O)Nc1ccc2ccc(CC[C@@]3(C)C=C(c4ccc5c(N)ncnn45)[C@H](O)[C@@H]3O)cc2n1. The van der Waals surface area contributed by atoms with Crippen molar-refractivity contribution in [3.63, 3.8) is 0 Å². The van der Waals surface area contributed by atoms with E-state index in [1.807, 2.05) is 43.3 Å².